The van der Waals surface area contributed by atoms with E-state index >= 15 is 0 Å². The second kappa shape index (κ2) is 5.92. The Morgan fingerprint density at radius 1 is 1.25 bits per heavy atom. The van der Waals surface area contributed by atoms with Crippen molar-refractivity contribution in [2.45, 2.75) is 0 Å². The first-order valence-corrected chi connectivity index (χ1v) is 6.55. The summed E-state index contributed by atoms with van der Waals surface area (Å²) in [7, 11) is 1.53. The molecule has 0 spiro atoms. The third-order valence-electron chi connectivity index (χ3n) is 2.62. The van der Waals surface area contributed by atoms with Gasteiger partial charge in [0.05, 0.1) is 10.2 Å². The van der Waals surface area contributed by atoms with Gasteiger partial charge in [0.15, 0.2) is 5.75 Å². The largest absolute Gasteiger partial charge is 0.454 e. The van der Waals surface area contributed by atoms with Crippen LogP contribution in [0.1, 0.15) is 10.4 Å². The Morgan fingerprint density at radius 2 is 2.00 bits per heavy atom. The summed E-state index contributed by atoms with van der Waals surface area (Å²) in [6.45, 7) is 0. The van der Waals surface area contributed by atoms with E-state index in [-0.39, 0.29) is 17.4 Å². The van der Waals surface area contributed by atoms with Crippen LogP contribution in [0.15, 0.2) is 40.9 Å². The van der Waals surface area contributed by atoms with Crippen LogP contribution in [0.3, 0.4) is 0 Å². The first-order chi connectivity index (χ1) is 9.51. The monoisotopic (exact) mass is 338 g/mol. The van der Waals surface area contributed by atoms with Crippen molar-refractivity contribution in [3.05, 3.63) is 52.3 Å². The van der Waals surface area contributed by atoms with Gasteiger partial charge in [0.1, 0.15) is 11.6 Å². The van der Waals surface area contributed by atoms with Crippen molar-refractivity contribution in [1.82, 2.24) is 5.32 Å². The van der Waals surface area contributed by atoms with Crippen molar-refractivity contribution in [3.63, 3.8) is 0 Å². The van der Waals surface area contributed by atoms with Crippen molar-refractivity contribution in [3.8, 4) is 11.5 Å². The molecule has 0 aliphatic rings. The standard InChI is InChI=1S/C14H12BrFN2O2/c1-18-14(19)8-2-5-11(17)13(6-8)20-12-7-9(16)3-4-10(12)15/h2-7H,17H2,1H3,(H,18,19). The highest BCUT2D eigenvalue weighted by molar-refractivity contribution is 9.10. The summed E-state index contributed by atoms with van der Waals surface area (Å²) in [4.78, 5) is 11.6. The molecule has 0 fully saturated rings. The van der Waals surface area contributed by atoms with Gasteiger partial charge in [0.25, 0.3) is 5.91 Å². The third kappa shape index (κ3) is 3.08. The van der Waals surface area contributed by atoms with Gasteiger partial charge in [-0.1, -0.05) is 0 Å². The number of nitrogen functional groups attached to an aromatic ring is 1. The summed E-state index contributed by atoms with van der Waals surface area (Å²) >= 11 is 3.26. The molecule has 2 rings (SSSR count). The van der Waals surface area contributed by atoms with E-state index in [1.165, 1.54) is 31.3 Å². The van der Waals surface area contributed by atoms with E-state index in [4.69, 9.17) is 10.5 Å². The molecule has 2 aromatic rings. The van der Waals surface area contributed by atoms with Gasteiger partial charge in [-0.3, -0.25) is 4.79 Å². The van der Waals surface area contributed by atoms with Crippen LogP contribution in [-0.4, -0.2) is 13.0 Å². The zero-order chi connectivity index (χ0) is 14.7. The van der Waals surface area contributed by atoms with Gasteiger partial charge in [-0.15, -0.1) is 0 Å². The van der Waals surface area contributed by atoms with Crippen molar-refractivity contribution in [1.29, 1.82) is 0 Å². The molecule has 2 aromatic carbocycles. The number of carbonyl (C=O) groups is 1. The van der Waals surface area contributed by atoms with Crippen molar-refractivity contribution in [2.24, 2.45) is 0 Å². The number of hydrogen-bond donors (Lipinski definition) is 2. The quantitative estimate of drug-likeness (QED) is 0.843. The van der Waals surface area contributed by atoms with E-state index in [0.717, 1.165) is 0 Å². The van der Waals surface area contributed by atoms with Gasteiger partial charge in [0.2, 0.25) is 0 Å². The van der Waals surface area contributed by atoms with Gasteiger partial charge in [-0.05, 0) is 46.3 Å². The highest BCUT2D eigenvalue weighted by Crippen LogP contribution is 2.33. The fourth-order valence-electron chi connectivity index (χ4n) is 1.58. The van der Waals surface area contributed by atoms with Crippen LogP contribution in [0.2, 0.25) is 0 Å². The second-order valence-electron chi connectivity index (χ2n) is 4.01. The van der Waals surface area contributed by atoms with Gasteiger partial charge in [-0.25, -0.2) is 4.39 Å². The highest BCUT2D eigenvalue weighted by atomic mass is 79.9. The zero-order valence-electron chi connectivity index (χ0n) is 10.6. The number of benzene rings is 2. The molecular formula is C14H12BrFN2O2. The molecule has 1 amide bonds. The molecule has 0 aliphatic heterocycles. The number of ether oxygens (including phenoxy) is 1. The smallest absolute Gasteiger partial charge is 0.251 e. The number of carbonyl (C=O) groups excluding carboxylic acids is 1. The average Bonchev–Trinajstić information content (AvgIpc) is 2.44. The summed E-state index contributed by atoms with van der Waals surface area (Å²) in [6.07, 6.45) is 0. The Morgan fingerprint density at radius 3 is 2.70 bits per heavy atom. The summed E-state index contributed by atoms with van der Waals surface area (Å²) < 4.78 is 19.4. The molecule has 0 aromatic heterocycles. The lowest BCUT2D eigenvalue weighted by Crippen LogP contribution is -2.17. The molecule has 0 bridgehead atoms. The number of rotatable bonds is 3. The van der Waals surface area contributed by atoms with Gasteiger partial charge >= 0.3 is 0 Å². The fraction of sp³-hybridized carbons (Fsp3) is 0.0714. The van der Waals surface area contributed by atoms with Gasteiger partial charge in [-0.2, -0.15) is 0 Å². The number of amides is 1. The minimum absolute atomic E-state index is 0.256. The van der Waals surface area contributed by atoms with Crippen molar-refractivity contribution >= 4 is 27.5 Å². The lowest BCUT2D eigenvalue weighted by molar-refractivity contribution is 0.0963. The summed E-state index contributed by atoms with van der Waals surface area (Å²) in [5.41, 5.74) is 6.56. The summed E-state index contributed by atoms with van der Waals surface area (Å²) in [5.74, 6) is -0.111. The first kappa shape index (κ1) is 14.3. The molecule has 0 saturated heterocycles. The van der Waals surface area contributed by atoms with Crippen molar-refractivity contribution < 1.29 is 13.9 Å². The van der Waals surface area contributed by atoms with Crippen LogP contribution in [-0.2, 0) is 0 Å². The van der Waals surface area contributed by atoms with Gasteiger partial charge < -0.3 is 15.8 Å². The van der Waals surface area contributed by atoms with Crippen LogP contribution in [0.5, 0.6) is 11.5 Å². The van der Waals surface area contributed by atoms with Crippen LogP contribution in [0, 0.1) is 5.82 Å². The number of nitrogens with two attached hydrogens (primary N) is 1. The van der Waals surface area contributed by atoms with E-state index in [1.54, 1.807) is 12.1 Å². The molecule has 3 N–H and O–H groups in total. The second-order valence-corrected chi connectivity index (χ2v) is 4.86. The first-order valence-electron chi connectivity index (χ1n) is 5.76. The lowest BCUT2D eigenvalue weighted by atomic mass is 10.2. The van der Waals surface area contributed by atoms with Crippen LogP contribution < -0.4 is 15.8 Å². The zero-order valence-corrected chi connectivity index (χ0v) is 12.2. The van der Waals surface area contributed by atoms with Crippen LogP contribution in [0.4, 0.5) is 10.1 Å². The summed E-state index contributed by atoms with van der Waals surface area (Å²) in [5, 5.41) is 2.51. The Balaban J connectivity index is 2.37. The van der Waals surface area contributed by atoms with Gasteiger partial charge in [0, 0.05) is 18.7 Å². The molecule has 0 atom stereocenters. The molecule has 6 heteroatoms. The predicted octanol–water partition coefficient (Wildman–Crippen LogP) is 3.32. The average molecular weight is 339 g/mol. The Hall–Kier alpha value is -2.08. The Bertz CT molecular complexity index is 662. The minimum atomic E-state index is -0.427. The third-order valence-corrected chi connectivity index (χ3v) is 3.27. The van der Waals surface area contributed by atoms with E-state index in [1.807, 2.05) is 0 Å². The van der Waals surface area contributed by atoms with Crippen LogP contribution in [0.25, 0.3) is 0 Å². The fourth-order valence-corrected chi connectivity index (χ4v) is 1.91. The molecule has 0 radical (unpaired) electrons. The van der Waals surface area contributed by atoms with Crippen molar-refractivity contribution in [2.75, 3.05) is 12.8 Å². The maximum absolute atomic E-state index is 13.2. The molecule has 0 aliphatic carbocycles. The normalized spacial score (nSPS) is 10.2. The molecule has 0 unspecified atom stereocenters. The Kier molecular flexibility index (Phi) is 4.24. The SMILES string of the molecule is CNC(=O)c1ccc(N)c(Oc2cc(F)ccc2Br)c1. The summed E-state index contributed by atoms with van der Waals surface area (Å²) in [6, 6.07) is 8.72. The number of hydrogen-bond acceptors (Lipinski definition) is 3. The van der Waals surface area contributed by atoms with E-state index in [9.17, 15) is 9.18 Å². The predicted molar refractivity (Wildman–Crippen MR) is 78.4 cm³/mol. The molecular weight excluding hydrogens is 327 g/mol. The van der Waals surface area contributed by atoms with E-state index in [2.05, 4.69) is 21.2 Å². The van der Waals surface area contributed by atoms with Crippen LogP contribution >= 0.6 is 15.9 Å². The number of nitrogens with one attached hydrogen (secondary N) is 1. The molecule has 0 saturated carbocycles. The molecule has 4 nitrogen and oxygen atoms in total. The van der Waals surface area contributed by atoms with E-state index < -0.39 is 5.82 Å². The maximum Gasteiger partial charge on any atom is 0.251 e. The maximum atomic E-state index is 13.2. The Labute approximate surface area is 123 Å². The number of halogens is 2. The minimum Gasteiger partial charge on any atom is -0.454 e. The highest BCUT2D eigenvalue weighted by Gasteiger charge is 2.11. The molecule has 104 valence electrons. The topological polar surface area (TPSA) is 64.4 Å². The number of anilines is 1. The van der Waals surface area contributed by atoms with E-state index in [0.29, 0.717) is 15.7 Å². The molecule has 20 heavy (non-hydrogen) atoms. The lowest BCUT2D eigenvalue weighted by Gasteiger charge is -2.11. The molecule has 0 heterocycles.